The highest BCUT2D eigenvalue weighted by Gasteiger charge is 2.41. The molecule has 16 heavy (non-hydrogen) atoms. The van der Waals surface area contributed by atoms with Crippen LogP contribution in [0.4, 0.5) is 4.79 Å². The molecule has 0 atom stereocenters. The predicted octanol–water partition coefficient (Wildman–Crippen LogP) is 1.75. The van der Waals surface area contributed by atoms with Crippen LogP contribution in [0.2, 0.25) is 0 Å². The monoisotopic (exact) mass is 226 g/mol. The van der Waals surface area contributed by atoms with Crippen molar-refractivity contribution >= 4 is 6.09 Å². The number of nitrogens with one attached hydrogen (secondary N) is 1. The second-order valence-corrected chi connectivity index (χ2v) is 5.17. The van der Waals surface area contributed by atoms with E-state index in [0.717, 1.165) is 19.4 Å². The van der Waals surface area contributed by atoms with Crippen molar-refractivity contribution in [3.8, 4) is 0 Å². The highest BCUT2D eigenvalue weighted by atomic mass is 16.6. The lowest BCUT2D eigenvalue weighted by Gasteiger charge is -2.26. The fraction of sp³-hybridized carbons (Fsp3) is 0.917. The number of likely N-dealkylation sites (tertiary alicyclic amines) is 1. The van der Waals surface area contributed by atoms with Crippen molar-refractivity contribution in [3.63, 3.8) is 0 Å². The molecule has 2 rings (SSSR count). The Balaban J connectivity index is 1.54. The van der Waals surface area contributed by atoms with Gasteiger partial charge in [-0.15, -0.1) is 0 Å². The standard InChI is InChI=1S/C12H22N2O2/c1-12(5-6-12)16-11(15)13-7-10-14-8-3-2-4-9-14/h2-10H2,1H3,(H,13,15). The summed E-state index contributed by atoms with van der Waals surface area (Å²) in [6.07, 6.45) is 5.70. The molecule has 1 saturated heterocycles. The molecule has 2 fully saturated rings. The van der Waals surface area contributed by atoms with E-state index < -0.39 is 0 Å². The first-order valence-electron chi connectivity index (χ1n) is 6.37. The Morgan fingerprint density at radius 1 is 1.31 bits per heavy atom. The van der Waals surface area contributed by atoms with E-state index >= 15 is 0 Å². The third-order valence-corrected chi connectivity index (χ3v) is 3.44. The number of alkyl carbamates (subject to hydrolysis) is 1. The van der Waals surface area contributed by atoms with E-state index in [0.29, 0.717) is 6.54 Å². The van der Waals surface area contributed by atoms with Crippen LogP contribution in [0.3, 0.4) is 0 Å². The zero-order valence-corrected chi connectivity index (χ0v) is 10.1. The predicted molar refractivity (Wildman–Crippen MR) is 62.4 cm³/mol. The molecule has 92 valence electrons. The molecule has 1 N–H and O–H groups in total. The lowest BCUT2D eigenvalue weighted by molar-refractivity contribution is 0.0922. The summed E-state index contributed by atoms with van der Waals surface area (Å²) in [7, 11) is 0. The zero-order chi connectivity index (χ0) is 11.4. The Labute approximate surface area is 97.3 Å². The van der Waals surface area contributed by atoms with Crippen LogP contribution in [0.5, 0.6) is 0 Å². The van der Waals surface area contributed by atoms with E-state index in [4.69, 9.17) is 4.74 Å². The number of rotatable bonds is 4. The average Bonchev–Trinajstić information content (AvgIpc) is 2.97. The van der Waals surface area contributed by atoms with Gasteiger partial charge in [0.05, 0.1) is 0 Å². The van der Waals surface area contributed by atoms with Gasteiger partial charge in [-0.2, -0.15) is 0 Å². The molecule has 0 spiro atoms. The van der Waals surface area contributed by atoms with Crippen LogP contribution in [0.25, 0.3) is 0 Å². The van der Waals surface area contributed by atoms with Gasteiger partial charge in [-0.25, -0.2) is 4.79 Å². The van der Waals surface area contributed by atoms with E-state index in [1.807, 2.05) is 6.92 Å². The van der Waals surface area contributed by atoms with Gasteiger partial charge in [-0.1, -0.05) is 6.42 Å². The second-order valence-electron chi connectivity index (χ2n) is 5.17. The summed E-state index contributed by atoms with van der Waals surface area (Å²) in [5.41, 5.74) is -0.158. The Morgan fingerprint density at radius 2 is 2.00 bits per heavy atom. The van der Waals surface area contributed by atoms with Crippen LogP contribution in [-0.2, 0) is 4.74 Å². The molecule has 0 aromatic heterocycles. The molecule has 2 aliphatic rings. The average molecular weight is 226 g/mol. The van der Waals surface area contributed by atoms with Crippen molar-refractivity contribution in [1.82, 2.24) is 10.2 Å². The number of carbonyl (C=O) groups excluding carboxylic acids is 1. The maximum atomic E-state index is 11.4. The summed E-state index contributed by atoms with van der Waals surface area (Å²) in [6, 6.07) is 0. The molecule has 1 aliphatic carbocycles. The summed E-state index contributed by atoms with van der Waals surface area (Å²) in [5.74, 6) is 0. The molecule has 0 bridgehead atoms. The van der Waals surface area contributed by atoms with Crippen molar-refractivity contribution in [2.45, 2.75) is 44.6 Å². The number of carbonyl (C=O) groups is 1. The third-order valence-electron chi connectivity index (χ3n) is 3.44. The van der Waals surface area contributed by atoms with Gasteiger partial charge in [0.25, 0.3) is 0 Å². The van der Waals surface area contributed by atoms with E-state index in [2.05, 4.69) is 10.2 Å². The van der Waals surface area contributed by atoms with Crippen LogP contribution < -0.4 is 5.32 Å². The van der Waals surface area contributed by atoms with Crippen LogP contribution in [0.1, 0.15) is 39.0 Å². The Morgan fingerprint density at radius 3 is 2.62 bits per heavy atom. The van der Waals surface area contributed by atoms with Gasteiger partial charge in [0.15, 0.2) is 0 Å². The largest absolute Gasteiger partial charge is 0.443 e. The number of hydrogen-bond donors (Lipinski definition) is 1. The third kappa shape index (κ3) is 3.67. The maximum Gasteiger partial charge on any atom is 0.407 e. The number of piperidine rings is 1. The quantitative estimate of drug-likeness (QED) is 0.794. The van der Waals surface area contributed by atoms with E-state index in [-0.39, 0.29) is 11.7 Å². The van der Waals surface area contributed by atoms with E-state index in [9.17, 15) is 4.79 Å². The van der Waals surface area contributed by atoms with Crippen molar-refractivity contribution in [2.24, 2.45) is 0 Å². The molecule has 1 aliphatic heterocycles. The summed E-state index contributed by atoms with van der Waals surface area (Å²) in [6.45, 7) is 5.99. The summed E-state index contributed by atoms with van der Waals surface area (Å²) in [5, 5.41) is 2.82. The molecule has 0 radical (unpaired) electrons. The minimum absolute atomic E-state index is 0.158. The van der Waals surface area contributed by atoms with Gasteiger partial charge in [-0.3, -0.25) is 0 Å². The molecule has 4 heteroatoms. The minimum Gasteiger partial charge on any atom is -0.443 e. The van der Waals surface area contributed by atoms with Crippen LogP contribution >= 0.6 is 0 Å². The highest BCUT2D eigenvalue weighted by molar-refractivity contribution is 5.68. The van der Waals surface area contributed by atoms with Gasteiger partial charge in [0.1, 0.15) is 5.60 Å². The molecule has 0 aromatic rings. The first-order chi connectivity index (χ1) is 7.68. The minimum atomic E-state index is -0.253. The number of nitrogens with zero attached hydrogens (tertiary/aromatic N) is 1. The number of hydrogen-bond acceptors (Lipinski definition) is 3. The maximum absolute atomic E-state index is 11.4. The van der Waals surface area contributed by atoms with Crippen LogP contribution in [0.15, 0.2) is 0 Å². The Bertz CT molecular complexity index is 245. The first-order valence-corrected chi connectivity index (χ1v) is 6.37. The van der Waals surface area contributed by atoms with Crippen molar-refractivity contribution < 1.29 is 9.53 Å². The molecular formula is C12H22N2O2. The Hall–Kier alpha value is -0.770. The summed E-state index contributed by atoms with van der Waals surface area (Å²) in [4.78, 5) is 13.8. The second kappa shape index (κ2) is 5.04. The van der Waals surface area contributed by atoms with E-state index in [1.54, 1.807) is 0 Å². The number of ether oxygens (including phenoxy) is 1. The fourth-order valence-corrected chi connectivity index (χ4v) is 2.04. The molecule has 1 amide bonds. The molecule has 0 unspecified atom stereocenters. The van der Waals surface area contributed by atoms with Crippen molar-refractivity contribution in [3.05, 3.63) is 0 Å². The lowest BCUT2D eigenvalue weighted by atomic mass is 10.1. The van der Waals surface area contributed by atoms with Gasteiger partial charge >= 0.3 is 6.09 Å². The molecule has 0 aromatic carbocycles. The first kappa shape index (κ1) is 11.7. The smallest absolute Gasteiger partial charge is 0.407 e. The summed E-state index contributed by atoms with van der Waals surface area (Å²) < 4.78 is 5.27. The van der Waals surface area contributed by atoms with Crippen LogP contribution in [-0.4, -0.2) is 42.8 Å². The van der Waals surface area contributed by atoms with Gasteiger partial charge < -0.3 is 15.0 Å². The van der Waals surface area contributed by atoms with Gasteiger partial charge in [0, 0.05) is 13.1 Å². The fourth-order valence-electron chi connectivity index (χ4n) is 2.04. The number of amides is 1. The molecule has 1 saturated carbocycles. The SMILES string of the molecule is CC1(OC(=O)NCCN2CCCCC2)CC1. The van der Waals surface area contributed by atoms with Crippen LogP contribution in [0, 0.1) is 0 Å². The van der Waals surface area contributed by atoms with Gasteiger partial charge in [0.2, 0.25) is 0 Å². The summed E-state index contributed by atoms with van der Waals surface area (Å²) >= 11 is 0. The van der Waals surface area contributed by atoms with Gasteiger partial charge in [-0.05, 0) is 45.7 Å². The van der Waals surface area contributed by atoms with Crippen molar-refractivity contribution in [1.29, 1.82) is 0 Å². The molecule has 4 nitrogen and oxygen atoms in total. The topological polar surface area (TPSA) is 41.6 Å². The zero-order valence-electron chi connectivity index (χ0n) is 10.1. The molecule has 1 heterocycles. The Kier molecular flexibility index (Phi) is 3.69. The highest BCUT2D eigenvalue weighted by Crippen LogP contribution is 2.38. The van der Waals surface area contributed by atoms with E-state index in [1.165, 1.54) is 32.4 Å². The normalized spacial score (nSPS) is 23.8. The lowest BCUT2D eigenvalue weighted by Crippen LogP contribution is -2.38. The molecular weight excluding hydrogens is 204 g/mol. The van der Waals surface area contributed by atoms with Crippen molar-refractivity contribution in [2.75, 3.05) is 26.2 Å².